The molecule has 1 aliphatic carbocycles. The summed E-state index contributed by atoms with van der Waals surface area (Å²) < 4.78 is 43.0. The van der Waals surface area contributed by atoms with Crippen molar-refractivity contribution in [2.75, 3.05) is 6.54 Å². The molecule has 1 aromatic rings. The second-order valence-electron chi connectivity index (χ2n) is 6.78. The molecule has 1 aliphatic heterocycles. The highest BCUT2D eigenvalue weighted by Gasteiger charge is 2.51. The van der Waals surface area contributed by atoms with Crippen LogP contribution in [0.2, 0.25) is 0 Å². The lowest BCUT2D eigenvalue weighted by molar-refractivity contribution is -0.139. The van der Waals surface area contributed by atoms with Crippen molar-refractivity contribution in [1.29, 1.82) is 0 Å². The van der Waals surface area contributed by atoms with Crippen molar-refractivity contribution in [3.05, 3.63) is 29.8 Å². The molecule has 0 bridgehead atoms. The van der Waals surface area contributed by atoms with Crippen molar-refractivity contribution in [2.45, 2.75) is 50.2 Å². The Labute approximate surface area is 153 Å². The predicted octanol–water partition coefficient (Wildman–Crippen LogP) is 3.26. The number of nitrogens with one attached hydrogen (secondary N) is 1. The smallest absolute Gasteiger partial charge is 0.416 e. The average Bonchev–Trinajstić information content (AvgIpc) is 2.83. The van der Waals surface area contributed by atoms with Gasteiger partial charge in [-0.2, -0.15) is 13.2 Å². The number of esters is 1. The number of carbonyl (C=O) groups is 3. The van der Waals surface area contributed by atoms with E-state index in [9.17, 15) is 27.6 Å². The maximum Gasteiger partial charge on any atom is 0.416 e. The topological polar surface area (TPSA) is 75.7 Å². The van der Waals surface area contributed by atoms with Gasteiger partial charge in [-0.15, -0.1) is 0 Å². The van der Waals surface area contributed by atoms with Crippen LogP contribution in [0.5, 0.6) is 5.75 Å². The first-order chi connectivity index (χ1) is 12.7. The number of imide groups is 1. The Kier molecular flexibility index (Phi) is 5.12. The number of benzene rings is 1. The summed E-state index contributed by atoms with van der Waals surface area (Å²) in [5.74, 6) is -1.41. The lowest BCUT2D eigenvalue weighted by atomic mass is 9.82. The molecule has 1 spiro atoms. The lowest BCUT2D eigenvalue weighted by Gasteiger charge is -2.30. The molecule has 0 atom stereocenters. The second kappa shape index (κ2) is 7.21. The van der Waals surface area contributed by atoms with Crippen LogP contribution in [0.15, 0.2) is 24.3 Å². The van der Waals surface area contributed by atoms with E-state index in [1.807, 2.05) is 0 Å². The first-order valence-corrected chi connectivity index (χ1v) is 8.73. The van der Waals surface area contributed by atoms with Crippen molar-refractivity contribution >= 4 is 17.9 Å². The lowest BCUT2D eigenvalue weighted by Crippen LogP contribution is -2.48. The zero-order valence-corrected chi connectivity index (χ0v) is 14.5. The molecule has 0 radical (unpaired) electrons. The van der Waals surface area contributed by atoms with E-state index >= 15 is 0 Å². The number of nitrogens with zero attached hydrogens (tertiary/aromatic N) is 1. The zero-order chi connectivity index (χ0) is 19.7. The molecule has 1 saturated carbocycles. The Morgan fingerprint density at radius 1 is 1.19 bits per heavy atom. The monoisotopic (exact) mass is 384 g/mol. The van der Waals surface area contributed by atoms with Crippen molar-refractivity contribution in [3.63, 3.8) is 0 Å². The number of rotatable bonds is 4. The summed E-state index contributed by atoms with van der Waals surface area (Å²) in [6.45, 7) is -0.176. The highest BCUT2D eigenvalue weighted by atomic mass is 19.4. The molecule has 1 heterocycles. The summed E-state index contributed by atoms with van der Waals surface area (Å²) >= 11 is 0. The van der Waals surface area contributed by atoms with Crippen LogP contribution in [0.3, 0.4) is 0 Å². The van der Waals surface area contributed by atoms with Gasteiger partial charge in [0, 0.05) is 6.54 Å². The molecule has 0 aromatic heterocycles. The normalized spacial score (nSPS) is 19.3. The average molecular weight is 384 g/mol. The van der Waals surface area contributed by atoms with E-state index in [4.69, 9.17) is 4.74 Å². The molecule has 27 heavy (non-hydrogen) atoms. The molecule has 146 valence electrons. The Balaban J connectivity index is 1.58. The van der Waals surface area contributed by atoms with Gasteiger partial charge in [-0.3, -0.25) is 14.5 Å². The Hall–Kier alpha value is -2.58. The number of carbonyl (C=O) groups excluding carboxylic acids is 3. The van der Waals surface area contributed by atoms with Crippen LogP contribution < -0.4 is 10.1 Å². The summed E-state index contributed by atoms with van der Waals surface area (Å²) in [6, 6.07) is 3.42. The SMILES string of the molecule is O=C(CCN1C(=O)NC2(CCCCC2)C1=O)Oc1cccc(C(F)(F)F)c1. The molecule has 1 aromatic carbocycles. The third kappa shape index (κ3) is 4.06. The predicted molar refractivity (Wildman–Crippen MR) is 87.8 cm³/mol. The summed E-state index contributed by atoms with van der Waals surface area (Å²) in [4.78, 5) is 37.6. The minimum atomic E-state index is -4.54. The van der Waals surface area contributed by atoms with E-state index in [0.717, 1.165) is 42.4 Å². The molecule has 2 aliphatic rings. The van der Waals surface area contributed by atoms with E-state index in [2.05, 4.69) is 5.32 Å². The van der Waals surface area contributed by atoms with Crippen LogP contribution >= 0.6 is 0 Å². The summed E-state index contributed by atoms with van der Waals surface area (Å²) in [7, 11) is 0. The van der Waals surface area contributed by atoms with Gasteiger partial charge >= 0.3 is 18.2 Å². The van der Waals surface area contributed by atoms with E-state index in [1.54, 1.807) is 0 Å². The third-order valence-electron chi connectivity index (χ3n) is 4.89. The number of alkyl halides is 3. The van der Waals surface area contributed by atoms with Gasteiger partial charge in [-0.1, -0.05) is 25.3 Å². The van der Waals surface area contributed by atoms with Crippen LogP contribution in [-0.2, 0) is 15.8 Å². The minimum Gasteiger partial charge on any atom is -0.426 e. The highest BCUT2D eigenvalue weighted by molar-refractivity contribution is 6.07. The fraction of sp³-hybridized carbons (Fsp3) is 0.500. The molecule has 3 rings (SSSR count). The van der Waals surface area contributed by atoms with Crippen molar-refractivity contribution < 1.29 is 32.3 Å². The van der Waals surface area contributed by atoms with Gasteiger partial charge in [0.1, 0.15) is 11.3 Å². The molecular formula is C18H19F3N2O4. The molecule has 1 N–H and O–H groups in total. The molecule has 6 nitrogen and oxygen atoms in total. The molecule has 2 fully saturated rings. The molecule has 3 amide bonds. The zero-order valence-electron chi connectivity index (χ0n) is 14.5. The number of halogens is 3. The number of ether oxygens (including phenoxy) is 1. The fourth-order valence-electron chi connectivity index (χ4n) is 3.49. The first kappa shape index (κ1) is 19.2. The summed E-state index contributed by atoms with van der Waals surface area (Å²) in [5, 5.41) is 2.73. The van der Waals surface area contributed by atoms with Crippen LogP contribution in [0.1, 0.15) is 44.1 Å². The van der Waals surface area contributed by atoms with Crippen molar-refractivity contribution in [1.82, 2.24) is 10.2 Å². The van der Waals surface area contributed by atoms with Gasteiger partial charge in [-0.25, -0.2) is 4.79 Å². The molecular weight excluding hydrogens is 365 g/mol. The quantitative estimate of drug-likeness (QED) is 0.491. The van der Waals surface area contributed by atoms with Gasteiger partial charge < -0.3 is 10.1 Å². The molecule has 1 saturated heterocycles. The number of hydrogen-bond donors (Lipinski definition) is 1. The first-order valence-electron chi connectivity index (χ1n) is 8.73. The summed E-state index contributed by atoms with van der Waals surface area (Å²) in [5.41, 5.74) is -1.80. The maximum absolute atomic E-state index is 12.7. The maximum atomic E-state index is 12.7. The van der Waals surface area contributed by atoms with Crippen molar-refractivity contribution in [2.24, 2.45) is 0 Å². The Bertz CT molecular complexity index is 757. The number of amides is 3. The second-order valence-corrected chi connectivity index (χ2v) is 6.78. The Morgan fingerprint density at radius 2 is 1.89 bits per heavy atom. The minimum absolute atomic E-state index is 0.176. The van der Waals surface area contributed by atoms with E-state index in [-0.39, 0.29) is 24.6 Å². The van der Waals surface area contributed by atoms with Gasteiger partial charge in [0.05, 0.1) is 12.0 Å². The van der Waals surface area contributed by atoms with Gasteiger partial charge in [0.15, 0.2) is 0 Å². The van der Waals surface area contributed by atoms with Crippen molar-refractivity contribution in [3.8, 4) is 5.75 Å². The third-order valence-corrected chi connectivity index (χ3v) is 4.89. The highest BCUT2D eigenvalue weighted by Crippen LogP contribution is 2.34. The van der Waals surface area contributed by atoms with Crippen LogP contribution in [0.4, 0.5) is 18.0 Å². The Morgan fingerprint density at radius 3 is 2.56 bits per heavy atom. The van der Waals surface area contributed by atoms with Crippen LogP contribution in [-0.4, -0.2) is 34.9 Å². The largest absolute Gasteiger partial charge is 0.426 e. The van der Waals surface area contributed by atoms with Crippen LogP contribution in [0, 0.1) is 0 Å². The molecule has 0 unspecified atom stereocenters. The van der Waals surface area contributed by atoms with E-state index in [0.29, 0.717) is 12.8 Å². The standard InChI is InChI=1S/C18H19F3N2O4/c19-18(20,21)12-5-4-6-13(11-12)27-14(24)7-10-23-15(25)17(22-16(23)26)8-2-1-3-9-17/h4-6,11H,1-3,7-10H2,(H,22,26). The van der Waals surface area contributed by atoms with Gasteiger partial charge in [-0.05, 0) is 31.0 Å². The van der Waals surface area contributed by atoms with E-state index in [1.165, 1.54) is 6.07 Å². The fourth-order valence-corrected chi connectivity index (χ4v) is 3.49. The molecule has 9 heteroatoms. The van der Waals surface area contributed by atoms with E-state index < -0.39 is 29.3 Å². The number of hydrogen-bond acceptors (Lipinski definition) is 4. The summed E-state index contributed by atoms with van der Waals surface area (Å²) in [6.07, 6.45) is -1.00. The number of urea groups is 1. The van der Waals surface area contributed by atoms with Crippen LogP contribution in [0.25, 0.3) is 0 Å². The van der Waals surface area contributed by atoms with Gasteiger partial charge in [0.25, 0.3) is 5.91 Å². The van der Waals surface area contributed by atoms with Gasteiger partial charge in [0.2, 0.25) is 0 Å².